The van der Waals surface area contributed by atoms with Crippen molar-refractivity contribution in [2.45, 2.75) is 59.4 Å². The minimum absolute atomic E-state index is 0. The molecule has 0 aliphatic carbocycles. The fraction of sp³-hybridized carbons (Fsp3) is 0.947. The number of aliphatic imine (C=N–C) groups is 1. The summed E-state index contributed by atoms with van der Waals surface area (Å²) in [6.07, 6.45) is 5.15. The van der Waals surface area contributed by atoms with Crippen LogP contribution in [0.25, 0.3) is 0 Å². The molecule has 1 fully saturated rings. The molecule has 2 unspecified atom stereocenters. The molecule has 1 rings (SSSR count). The van der Waals surface area contributed by atoms with Gasteiger partial charge in [-0.2, -0.15) is 0 Å². The van der Waals surface area contributed by atoms with Gasteiger partial charge in [0.2, 0.25) is 0 Å². The molecule has 0 radical (unpaired) electrons. The van der Waals surface area contributed by atoms with Crippen LogP contribution in [0.4, 0.5) is 0 Å². The predicted octanol–water partition coefficient (Wildman–Crippen LogP) is 3.01. The Bertz CT molecular complexity index is 341. The van der Waals surface area contributed by atoms with Gasteiger partial charge in [-0.25, -0.2) is 0 Å². The summed E-state index contributed by atoms with van der Waals surface area (Å²) in [5, 5.41) is 7.03. The van der Waals surface area contributed by atoms with Gasteiger partial charge in [0.05, 0.1) is 0 Å². The average molecular weight is 467 g/mol. The molecule has 25 heavy (non-hydrogen) atoms. The third kappa shape index (κ3) is 11.3. The molecule has 6 heteroatoms. The lowest BCUT2D eigenvalue weighted by atomic mass is 10.1. The zero-order chi connectivity index (χ0) is 17.8. The van der Waals surface area contributed by atoms with Crippen molar-refractivity contribution >= 4 is 29.9 Å². The highest BCUT2D eigenvalue weighted by molar-refractivity contribution is 14.0. The van der Waals surface area contributed by atoms with Crippen LogP contribution in [0.3, 0.4) is 0 Å². The standard InChI is InChI=1S/C19H41N5.HI/c1-6-23(7-2)14-10-11-18(4)22-19(20-5)21-15-17(3)16-24-12-8-9-13-24;/h17-18H,6-16H2,1-5H3,(H2,20,21,22);1H. The Balaban J connectivity index is 0.00000576. The van der Waals surface area contributed by atoms with Crippen molar-refractivity contribution < 1.29 is 0 Å². The number of halogens is 1. The van der Waals surface area contributed by atoms with Gasteiger partial charge in [0.1, 0.15) is 0 Å². The van der Waals surface area contributed by atoms with Crippen LogP contribution in [-0.4, -0.2) is 74.7 Å². The monoisotopic (exact) mass is 467 g/mol. The zero-order valence-electron chi connectivity index (χ0n) is 17.2. The highest BCUT2D eigenvalue weighted by Gasteiger charge is 2.15. The first-order valence-corrected chi connectivity index (χ1v) is 10.0. The van der Waals surface area contributed by atoms with Crippen molar-refractivity contribution in [3.8, 4) is 0 Å². The molecule has 0 bridgehead atoms. The van der Waals surface area contributed by atoms with Crippen molar-refractivity contribution in [2.75, 3.05) is 52.9 Å². The highest BCUT2D eigenvalue weighted by atomic mass is 127. The van der Waals surface area contributed by atoms with E-state index in [4.69, 9.17) is 0 Å². The summed E-state index contributed by atoms with van der Waals surface area (Å²) in [7, 11) is 1.86. The van der Waals surface area contributed by atoms with Crippen LogP contribution in [-0.2, 0) is 0 Å². The summed E-state index contributed by atoms with van der Waals surface area (Å²) >= 11 is 0. The molecule has 0 spiro atoms. The van der Waals surface area contributed by atoms with E-state index in [-0.39, 0.29) is 24.0 Å². The number of nitrogens with one attached hydrogen (secondary N) is 2. The topological polar surface area (TPSA) is 42.9 Å². The van der Waals surface area contributed by atoms with E-state index in [9.17, 15) is 0 Å². The summed E-state index contributed by atoms with van der Waals surface area (Å²) in [6, 6.07) is 0.459. The summed E-state index contributed by atoms with van der Waals surface area (Å²) in [4.78, 5) is 9.45. The van der Waals surface area contributed by atoms with E-state index >= 15 is 0 Å². The molecule has 5 nitrogen and oxygen atoms in total. The van der Waals surface area contributed by atoms with Crippen LogP contribution >= 0.6 is 24.0 Å². The maximum absolute atomic E-state index is 4.38. The van der Waals surface area contributed by atoms with Crippen molar-refractivity contribution in [2.24, 2.45) is 10.9 Å². The molecule has 1 heterocycles. The second-order valence-electron chi connectivity index (χ2n) is 7.28. The van der Waals surface area contributed by atoms with Gasteiger partial charge < -0.3 is 20.4 Å². The summed E-state index contributed by atoms with van der Waals surface area (Å²) in [6.45, 7) is 17.3. The molecule has 1 aliphatic heterocycles. The van der Waals surface area contributed by atoms with E-state index in [0.29, 0.717) is 12.0 Å². The van der Waals surface area contributed by atoms with Crippen LogP contribution < -0.4 is 10.6 Å². The van der Waals surface area contributed by atoms with Crippen LogP contribution in [0.15, 0.2) is 4.99 Å². The number of hydrogen-bond donors (Lipinski definition) is 2. The van der Waals surface area contributed by atoms with Crippen molar-refractivity contribution in [1.82, 2.24) is 20.4 Å². The van der Waals surface area contributed by atoms with Crippen LogP contribution in [0.2, 0.25) is 0 Å². The number of rotatable bonds is 11. The average Bonchev–Trinajstić information content (AvgIpc) is 3.08. The van der Waals surface area contributed by atoms with Gasteiger partial charge >= 0.3 is 0 Å². The van der Waals surface area contributed by atoms with E-state index in [1.54, 1.807) is 0 Å². The summed E-state index contributed by atoms with van der Waals surface area (Å²) in [5.74, 6) is 1.60. The predicted molar refractivity (Wildman–Crippen MR) is 121 cm³/mol. The van der Waals surface area contributed by atoms with E-state index in [2.05, 4.69) is 53.1 Å². The van der Waals surface area contributed by atoms with Gasteiger partial charge in [0, 0.05) is 26.2 Å². The molecule has 0 aromatic heterocycles. The molecule has 150 valence electrons. The molecule has 1 saturated heterocycles. The lowest BCUT2D eigenvalue weighted by Gasteiger charge is -2.23. The van der Waals surface area contributed by atoms with E-state index in [1.165, 1.54) is 51.9 Å². The maximum atomic E-state index is 4.38. The smallest absolute Gasteiger partial charge is 0.191 e. The normalized spacial score (nSPS) is 18.1. The lowest BCUT2D eigenvalue weighted by Crippen LogP contribution is -2.44. The molecule has 1 aliphatic rings. The lowest BCUT2D eigenvalue weighted by molar-refractivity contribution is 0.287. The van der Waals surface area contributed by atoms with E-state index in [0.717, 1.165) is 25.6 Å². The first-order chi connectivity index (χ1) is 11.6. The Morgan fingerprint density at radius 3 is 2.36 bits per heavy atom. The number of likely N-dealkylation sites (tertiary alicyclic amines) is 1. The Kier molecular flexibility index (Phi) is 15.0. The molecule has 2 N–H and O–H groups in total. The SMILES string of the molecule is CCN(CC)CCCC(C)NC(=NC)NCC(C)CN1CCCC1.I. The second kappa shape index (κ2) is 15.0. The Hall–Kier alpha value is -0.0800. The zero-order valence-corrected chi connectivity index (χ0v) is 19.5. The minimum atomic E-state index is 0. The molecular weight excluding hydrogens is 425 g/mol. The van der Waals surface area contributed by atoms with Crippen LogP contribution in [0.5, 0.6) is 0 Å². The molecule has 2 atom stereocenters. The van der Waals surface area contributed by atoms with Gasteiger partial charge in [-0.3, -0.25) is 4.99 Å². The Morgan fingerprint density at radius 2 is 1.80 bits per heavy atom. The largest absolute Gasteiger partial charge is 0.356 e. The molecule has 0 aromatic carbocycles. The number of guanidine groups is 1. The van der Waals surface area contributed by atoms with Gasteiger partial charge in [-0.1, -0.05) is 20.8 Å². The third-order valence-electron chi connectivity index (χ3n) is 5.00. The molecule has 0 amide bonds. The third-order valence-corrected chi connectivity index (χ3v) is 5.00. The summed E-state index contributed by atoms with van der Waals surface area (Å²) in [5.41, 5.74) is 0. The van der Waals surface area contributed by atoms with Crippen molar-refractivity contribution in [3.63, 3.8) is 0 Å². The fourth-order valence-corrected chi connectivity index (χ4v) is 3.40. The quantitative estimate of drug-likeness (QED) is 0.279. The first-order valence-electron chi connectivity index (χ1n) is 10.0. The van der Waals surface area contributed by atoms with E-state index < -0.39 is 0 Å². The molecule has 0 saturated carbocycles. The van der Waals surface area contributed by atoms with Crippen LogP contribution in [0, 0.1) is 5.92 Å². The molecular formula is C19H42IN5. The van der Waals surface area contributed by atoms with Crippen LogP contribution in [0.1, 0.15) is 53.4 Å². The first kappa shape index (κ1) is 24.9. The Morgan fingerprint density at radius 1 is 1.16 bits per heavy atom. The fourth-order valence-electron chi connectivity index (χ4n) is 3.40. The second-order valence-corrected chi connectivity index (χ2v) is 7.28. The maximum Gasteiger partial charge on any atom is 0.191 e. The molecule has 0 aromatic rings. The highest BCUT2D eigenvalue weighted by Crippen LogP contribution is 2.09. The van der Waals surface area contributed by atoms with Crippen molar-refractivity contribution in [1.29, 1.82) is 0 Å². The van der Waals surface area contributed by atoms with Gasteiger partial charge in [-0.15, -0.1) is 24.0 Å². The number of hydrogen-bond acceptors (Lipinski definition) is 3. The van der Waals surface area contributed by atoms with E-state index in [1.807, 2.05) is 7.05 Å². The number of nitrogens with zero attached hydrogens (tertiary/aromatic N) is 3. The van der Waals surface area contributed by atoms with Gasteiger partial charge in [0.15, 0.2) is 5.96 Å². The minimum Gasteiger partial charge on any atom is -0.356 e. The van der Waals surface area contributed by atoms with Crippen molar-refractivity contribution in [3.05, 3.63) is 0 Å². The van der Waals surface area contributed by atoms with Gasteiger partial charge in [0.25, 0.3) is 0 Å². The van der Waals surface area contributed by atoms with Gasteiger partial charge in [-0.05, 0) is 71.2 Å². The Labute approximate surface area is 173 Å². The summed E-state index contributed by atoms with van der Waals surface area (Å²) < 4.78 is 0.